The van der Waals surface area contributed by atoms with Crippen LogP contribution in [0.3, 0.4) is 0 Å². The van der Waals surface area contributed by atoms with Crippen molar-refractivity contribution < 1.29 is 13.6 Å². The average Bonchev–Trinajstić information content (AvgIpc) is 2.37. The van der Waals surface area contributed by atoms with Gasteiger partial charge < -0.3 is 5.73 Å². The Morgan fingerprint density at radius 1 is 1.05 bits per heavy atom. The summed E-state index contributed by atoms with van der Waals surface area (Å²) in [6.07, 6.45) is 0. The van der Waals surface area contributed by atoms with E-state index < -0.39 is 23.0 Å². The minimum atomic E-state index is -0.931. The van der Waals surface area contributed by atoms with Gasteiger partial charge in [-0.3, -0.25) is 4.79 Å². The van der Waals surface area contributed by atoms with Crippen LogP contribution in [0, 0.1) is 11.6 Å². The molecule has 0 aliphatic carbocycles. The van der Waals surface area contributed by atoms with Crippen molar-refractivity contribution in [1.82, 2.24) is 0 Å². The molecule has 2 aromatic carbocycles. The second-order valence-electron chi connectivity index (χ2n) is 3.79. The third-order valence-electron chi connectivity index (χ3n) is 2.51. The molecule has 0 bridgehead atoms. The first-order chi connectivity index (χ1) is 8.91. The lowest BCUT2D eigenvalue weighted by atomic mass is 10.0. The van der Waals surface area contributed by atoms with Crippen LogP contribution < -0.4 is 5.73 Å². The number of carbonyl (C=O) groups is 1. The highest BCUT2D eigenvalue weighted by atomic mass is 79.9. The summed E-state index contributed by atoms with van der Waals surface area (Å²) in [7, 11) is 0. The molecule has 0 saturated heterocycles. The van der Waals surface area contributed by atoms with Crippen molar-refractivity contribution in [2.45, 2.75) is 0 Å². The summed E-state index contributed by atoms with van der Waals surface area (Å²) in [5.41, 5.74) is 5.41. The summed E-state index contributed by atoms with van der Waals surface area (Å²) >= 11 is 6.09. The molecule has 0 fully saturated rings. The number of carbonyl (C=O) groups excluding carboxylic acids is 1. The quantitative estimate of drug-likeness (QED) is 0.472. The van der Waals surface area contributed by atoms with E-state index in [1.165, 1.54) is 12.1 Å². The maximum absolute atomic E-state index is 13.9. The second-order valence-corrected chi connectivity index (χ2v) is 5.50. The fourth-order valence-corrected chi connectivity index (χ4v) is 2.34. The first-order valence-electron chi connectivity index (χ1n) is 5.15. The Kier molecular flexibility index (Phi) is 4.01. The zero-order chi connectivity index (χ0) is 14.2. The van der Waals surface area contributed by atoms with Gasteiger partial charge in [-0.25, -0.2) is 8.78 Å². The molecule has 0 unspecified atom stereocenters. The molecular formula is C13H7Br2F2NO. The molecule has 19 heavy (non-hydrogen) atoms. The molecule has 0 spiro atoms. The normalized spacial score (nSPS) is 10.5. The standard InChI is InChI=1S/C13H7Br2F2NO/c14-8-2-1-6(18)5-7(8)13(19)11-10(16)4-3-9(15)12(11)17/h1-5H,18H2. The van der Waals surface area contributed by atoms with E-state index >= 15 is 0 Å². The van der Waals surface area contributed by atoms with E-state index in [9.17, 15) is 13.6 Å². The molecule has 0 amide bonds. The molecule has 2 nitrogen and oxygen atoms in total. The summed E-state index contributed by atoms with van der Waals surface area (Å²) in [5, 5.41) is 0. The summed E-state index contributed by atoms with van der Waals surface area (Å²) in [6.45, 7) is 0. The van der Waals surface area contributed by atoms with E-state index in [-0.39, 0.29) is 10.0 Å². The van der Waals surface area contributed by atoms with Crippen LogP contribution in [-0.4, -0.2) is 5.78 Å². The Morgan fingerprint density at radius 3 is 2.37 bits per heavy atom. The first-order valence-corrected chi connectivity index (χ1v) is 6.73. The SMILES string of the molecule is Nc1ccc(Br)c(C(=O)c2c(F)ccc(Br)c2F)c1. The highest BCUT2D eigenvalue weighted by Gasteiger charge is 2.22. The van der Waals surface area contributed by atoms with Crippen molar-refractivity contribution in [2.24, 2.45) is 0 Å². The van der Waals surface area contributed by atoms with Gasteiger partial charge in [0.25, 0.3) is 0 Å². The van der Waals surface area contributed by atoms with E-state index in [0.717, 1.165) is 6.07 Å². The van der Waals surface area contributed by atoms with Crippen LogP contribution in [0.1, 0.15) is 15.9 Å². The largest absolute Gasteiger partial charge is 0.399 e. The van der Waals surface area contributed by atoms with Gasteiger partial charge in [0.15, 0.2) is 11.6 Å². The van der Waals surface area contributed by atoms with Gasteiger partial charge in [0.1, 0.15) is 5.82 Å². The highest BCUT2D eigenvalue weighted by molar-refractivity contribution is 9.10. The zero-order valence-electron chi connectivity index (χ0n) is 9.38. The molecule has 0 aliphatic heterocycles. The Balaban J connectivity index is 2.63. The van der Waals surface area contributed by atoms with Gasteiger partial charge in [0.2, 0.25) is 0 Å². The second kappa shape index (κ2) is 5.38. The Morgan fingerprint density at radius 2 is 1.68 bits per heavy atom. The predicted octanol–water partition coefficient (Wildman–Crippen LogP) is 4.30. The van der Waals surface area contributed by atoms with Gasteiger partial charge in [0.05, 0.1) is 10.0 Å². The Bertz CT molecular complexity index is 674. The van der Waals surface area contributed by atoms with Gasteiger partial charge in [-0.1, -0.05) is 15.9 Å². The van der Waals surface area contributed by atoms with Crippen LogP contribution >= 0.6 is 31.9 Å². The number of rotatable bonds is 2. The van der Waals surface area contributed by atoms with Gasteiger partial charge in [-0.2, -0.15) is 0 Å². The summed E-state index contributed by atoms with van der Waals surface area (Å²) < 4.78 is 28.0. The van der Waals surface area contributed by atoms with Crippen molar-refractivity contribution in [3.05, 3.63) is 62.0 Å². The molecule has 0 aromatic heterocycles. The lowest BCUT2D eigenvalue weighted by Gasteiger charge is -2.08. The average molecular weight is 391 g/mol. The van der Waals surface area contributed by atoms with Crippen LogP contribution in [0.4, 0.5) is 14.5 Å². The highest BCUT2D eigenvalue weighted by Crippen LogP contribution is 2.27. The molecule has 2 aromatic rings. The molecule has 2 N–H and O–H groups in total. The molecular weight excluding hydrogens is 384 g/mol. The van der Waals surface area contributed by atoms with E-state index in [0.29, 0.717) is 10.2 Å². The smallest absolute Gasteiger partial charge is 0.200 e. The van der Waals surface area contributed by atoms with Crippen LogP contribution in [0.5, 0.6) is 0 Å². The van der Waals surface area contributed by atoms with Crippen molar-refractivity contribution in [3.63, 3.8) is 0 Å². The van der Waals surface area contributed by atoms with Crippen molar-refractivity contribution >= 4 is 43.3 Å². The fraction of sp³-hybridized carbons (Fsp3) is 0. The molecule has 0 aliphatic rings. The van der Waals surface area contributed by atoms with Gasteiger partial charge in [0, 0.05) is 15.7 Å². The number of hydrogen-bond donors (Lipinski definition) is 1. The van der Waals surface area contributed by atoms with Crippen molar-refractivity contribution in [1.29, 1.82) is 0 Å². The Hall–Kier alpha value is -1.27. The van der Waals surface area contributed by atoms with Crippen LogP contribution in [-0.2, 0) is 0 Å². The summed E-state index contributed by atoms with van der Waals surface area (Å²) in [6, 6.07) is 6.73. The molecule has 0 saturated carbocycles. The third-order valence-corrected chi connectivity index (χ3v) is 3.81. The minimum absolute atomic E-state index is 0.0253. The van der Waals surface area contributed by atoms with E-state index in [2.05, 4.69) is 31.9 Å². The molecule has 0 radical (unpaired) electrons. The monoisotopic (exact) mass is 389 g/mol. The number of nitrogens with two attached hydrogens (primary N) is 1. The van der Waals surface area contributed by atoms with Crippen LogP contribution in [0.2, 0.25) is 0 Å². The van der Waals surface area contributed by atoms with Gasteiger partial charge in [-0.05, 0) is 46.3 Å². The number of anilines is 1. The molecule has 2 rings (SSSR count). The lowest BCUT2D eigenvalue weighted by molar-refractivity contribution is 0.103. The molecule has 6 heteroatoms. The van der Waals surface area contributed by atoms with E-state index in [1.54, 1.807) is 12.1 Å². The number of hydrogen-bond acceptors (Lipinski definition) is 2. The zero-order valence-corrected chi connectivity index (χ0v) is 12.6. The maximum atomic E-state index is 13.9. The molecule has 0 atom stereocenters. The van der Waals surface area contributed by atoms with Crippen LogP contribution in [0.25, 0.3) is 0 Å². The maximum Gasteiger partial charge on any atom is 0.200 e. The number of ketones is 1. The number of halogens is 4. The van der Waals surface area contributed by atoms with Crippen LogP contribution in [0.15, 0.2) is 39.3 Å². The van der Waals surface area contributed by atoms with E-state index in [1.807, 2.05) is 0 Å². The Labute approximate surface area is 124 Å². The summed E-state index contributed by atoms with van der Waals surface area (Å²) in [4.78, 5) is 12.2. The van der Waals surface area contributed by atoms with Crippen molar-refractivity contribution in [2.75, 3.05) is 5.73 Å². The minimum Gasteiger partial charge on any atom is -0.399 e. The first kappa shape index (κ1) is 14.1. The molecule has 0 heterocycles. The van der Waals surface area contributed by atoms with Gasteiger partial charge in [-0.15, -0.1) is 0 Å². The number of nitrogen functional groups attached to an aromatic ring is 1. The summed E-state index contributed by atoms with van der Waals surface area (Å²) in [5.74, 6) is -2.62. The third kappa shape index (κ3) is 2.69. The van der Waals surface area contributed by atoms with Crippen molar-refractivity contribution in [3.8, 4) is 0 Å². The predicted molar refractivity (Wildman–Crippen MR) is 76.0 cm³/mol. The lowest BCUT2D eigenvalue weighted by Crippen LogP contribution is -2.09. The van der Waals surface area contributed by atoms with Gasteiger partial charge >= 0.3 is 0 Å². The van der Waals surface area contributed by atoms with E-state index in [4.69, 9.17) is 5.73 Å². The fourth-order valence-electron chi connectivity index (χ4n) is 1.59. The number of benzene rings is 2. The molecule has 98 valence electrons. The topological polar surface area (TPSA) is 43.1 Å².